The van der Waals surface area contributed by atoms with E-state index in [-0.39, 0.29) is 24.7 Å². The van der Waals surface area contributed by atoms with Gasteiger partial charge < -0.3 is 10.4 Å². The van der Waals surface area contributed by atoms with Crippen LogP contribution in [0.4, 0.5) is 0 Å². The van der Waals surface area contributed by atoms with E-state index in [1.165, 1.54) is 4.57 Å². The second-order valence-electron chi connectivity index (χ2n) is 5.96. The van der Waals surface area contributed by atoms with E-state index in [2.05, 4.69) is 5.32 Å². The van der Waals surface area contributed by atoms with Gasteiger partial charge in [0.25, 0.3) is 0 Å². The molecule has 1 aromatic carbocycles. The molecule has 2 aromatic rings. The van der Waals surface area contributed by atoms with Crippen LogP contribution in [0.15, 0.2) is 29.1 Å². The third-order valence-corrected chi connectivity index (χ3v) is 4.47. The van der Waals surface area contributed by atoms with Crippen LogP contribution in [0.25, 0.3) is 11.0 Å². The van der Waals surface area contributed by atoms with Crippen molar-refractivity contribution in [1.29, 1.82) is 0 Å². The number of aliphatic carboxylic acids is 1. The first kappa shape index (κ1) is 15.3. The number of nitrogens with one attached hydrogen (secondary N) is 1. The van der Waals surface area contributed by atoms with Crippen LogP contribution in [0.3, 0.4) is 0 Å². The summed E-state index contributed by atoms with van der Waals surface area (Å²) >= 11 is 0. The normalized spacial score (nSPS) is 15.5. The van der Waals surface area contributed by atoms with Gasteiger partial charge in [0.15, 0.2) is 0 Å². The summed E-state index contributed by atoms with van der Waals surface area (Å²) in [5.41, 5.74) is 0.451. The highest BCUT2D eigenvalue weighted by Gasteiger charge is 2.50. The minimum absolute atomic E-state index is 0.109. The molecule has 23 heavy (non-hydrogen) atoms. The Bertz CT molecular complexity index is 829. The summed E-state index contributed by atoms with van der Waals surface area (Å²) < 4.78 is 3.04. The van der Waals surface area contributed by atoms with Gasteiger partial charge in [-0.2, -0.15) is 0 Å². The Morgan fingerprint density at radius 1 is 1.22 bits per heavy atom. The van der Waals surface area contributed by atoms with Gasteiger partial charge in [-0.3, -0.25) is 18.7 Å². The fourth-order valence-electron chi connectivity index (χ4n) is 2.82. The molecule has 3 rings (SSSR count). The highest BCUT2D eigenvalue weighted by atomic mass is 16.4. The average Bonchev–Trinajstić information content (AvgIpc) is 3.28. The quantitative estimate of drug-likeness (QED) is 0.824. The van der Waals surface area contributed by atoms with Crippen LogP contribution >= 0.6 is 0 Å². The highest BCUT2D eigenvalue weighted by molar-refractivity contribution is 5.82. The molecule has 1 aromatic heterocycles. The minimum atomic E-state index is -0.877. The molecule has 1 fully saturated rings. The molecule has 1 aliphatic carbocycles. The van der Waals surface area contributed by atoms with Crippen LogP contribution in [0, 0.1) is 5.41 Å². The van der Waals surface area contributed by atoms with E-state index < -0.39 is 11.4 Å². The second kappa shape index (κ2) is 5.57. The number of aromatic nitrogens is 2. The van der Waals surface area contributed by atoms with Crippen molar-refractivity contribution < 1.29 is 14.7 Å². The number of carboxylic acid groups (broad SMARTS) is 1. The van der Waals surface area contributed by atoms with E-state index in [0.29, 0.717) is 24.9 Å². The van der Waals surface area contributed by atoms with Gasteiger partial charge in [-0.25, -0.2) is 4.79 Å². The number of hydrogen-bond donors (Lipinski definition) is 2. The summed E-state index contributed by atoms with van der Waals surface area (Å²) in [5.74, 6) is -1.23. The van der Waals surface area contributed by atoms with Crippen molar-refractivity contribution in [3.05, 3.63) is 34.7 Å². The second-order valence-corrected chi connectivity index (χ2v) is 5.96. The molecule has 2 N–H and O–H groups in total. The molecule has 1 amide bonds. The summed E-state index contributed by atoms with van der Waals surface area (Å²) in [5, 5.41) is 11.8. The van der Waals surface area contributed by atoms with E-state index in [1.54, 1.807) is 10.6 Å². The van der Waals surface area contributed by atoms with Gasteiger partial charge in [0.1, 0.15) is 6.54 Å². The molecule has 0 unspecified atom stereocenters. The first-order valence-electron chi connectivity index (χ1n) is 7.67. The van der Waals surface area contributed by atoms with Crippen molar-refractivity contribution in [2.24, 2.45) is 5.41 Å². The fraction of sp³-hybridized carbons (Fsp3) is 0.438. The van der Waals surface area contributed by atoms with E-state index in [1.807, 2.05) is 25.1 Å². The van der Waals surface area contributed by atoms with Crippen LogP contribution < -0.4 is 11.0 Å². The number of amides is 1. The Labute approximate surface area is 132 Å². The number of hydrogen-bond acceptors (Lipinski definition) is 3. The van der Waals surface area contributed by atoms with Crippen molar-refractivity contribution in [3.63, 3.8) is 0 Å². The van der Waals surface area contributed by atoms with Gasteiger partial charge in [0, 0.05) is 13.1 Å². The number of carboxylic acids is 1. The molecule has 1 aliphatic rings. The molecule has 0 bridgehead atoms. The van der Waals surface area contributed by atoms with Crippen molar-refractivity contribution in [2.45, 2.75) is 32.9 Å². The number of nitrogens with zero attached hydrogens (tertiary/aromatic N) is 2. The van der Waals surface area contributed by atoms with E-state index in [0.717, 1.165) is 5.52 Å². The lowest BCUT2D eigenvalue weighted by Gasteiger charge is -2.11. The number of rotatable bonds is 6. The van der Waals surface area contributed by atoms with E-state index in [9.17, 15) is 14.4 Å². The summed E-state index contributed by atoms with van der Waals surface area (Å²) in [6, 6.07) is 7.32. The average molecular weight is 317 g/mol. The molecule has 0 aliphatic heterocycles. The Hall–Kier alpha value is -2.57. The summed E-state index contributed by atoms with van der Waals surface area (Å²) in [6.45, 7) is 2.41. The van der Waals surface area contributed by atoms with Gasteiger partial charge in [-0.05, 0) is 31.9 Å². The fourth-order valence-corrected chi connectivity index (χ4v) is 2.82. The predicted octanol–water partition coefficient (Wildman–Crippen LogP) is 0.804. The van der Waals surface area contributed by atoms with Crippen molar-refractivity contribution in [2.75, 3.05) is 6.54 Å². The zero-order valence-electron chi connectivity index (χ0n) is 12.9. The standard InChI is InChI=1S/C16H19N3O4/c1-2-18-11-5-3-4-6-12(11)19(15(18)23)9-13(20)17-10-16(7-8-16)14(21)22/h3-6H,2,7-10H2,1H3,(H,17,20)(H,21,22). The predicted molar refractivity (Wildman–Crippen MR) is 84.2 cm³/mol. The minimum Gasteiger partial charge on any atom is -0.481 e. The number of imidazole rings is 1. The van der Waals surface area contributed by atoms with Crippen LogP contribution in [-0.2, 0) is 22.7 Å². The van der Waals surface area contributed by atoms with Crippen LogP contribution in [0.2, 0.25) is 0 Å². The Balaban J connectivity index is 1.79. The summed E-state index contributed by atoms with van der Waals surface area (Å²) in [6.07, 6.45) is 1.16. The first-order chi connectivity index (χ1) is 11.0. The number of fused-ring (bicyclic) bond motifs is 1. The molecule has 1 heterocycles. The molecule has 0 saturated heterocycles. The lowest BCUT2D eigenvalue weighted by atomic mass is 10.1. The third-order valence-electron chi connectivity index (χ3n) is 4.47. The van der Waals surface area contributed by atoms with Gasteiger partial charge in [-0.1, -0.05) is 12.1 Å². The molecular formula is C16H19N3O4. The zero-order valence-corrected chi connectivity index (χ0v) is 12.9. The van der Waals surface area contributed by atoms with Crippen molar-refractivity contribution >= 4 is 22.9 Å². The van der Waals surface area contributed by atoms with Crippen LogP contribution in [0.5, 0.6) is 0 Å². The SMILES string of the molecule is CCn1c(=O)n(CC(=O)NCC2(C(=O)O)CC2)c2ccccc21. The number of carbonyl (C=O) groups is 2. The van der Waals surface area contributed by atoms with E-state index in [4.69, 9.17) is 5.11 Å². The van der Waals surface area contributed by atoms with Crippen LogP contribution in [-0.4, -0.2) is 32.7 Å². The Kier molecular flexibility index (Phi) is 3.71. The molecule has 7 nitrogen and oxygen atoms in total. The number of carbonyl (C=O) groups excluding carboxylic acids is 1. The maximum Gasteiger partial charge on any atom is 0.329 e. The number of benzene rings is 1. The smallest absolute Gasteiger partial charge is 0.329 e. The topological polar surface area (TPSA) is 93.3 Å². The third kappa shape index (κ3) is 2.62. The van der Waals surface area contributed by atoms with Gasteiger partial charge in [-0.15, -0.1) is 0 Å². The molecule has 0 radical (unpaired) electrons. The molecule has 1 saturated carbocycles. The molecule has 0 spiro atoms. The van der Waals surface area contributed by atoms with Gasteiger partial charge >= 0.3 is 11.7 Å². The van der Waals surface area contributed by atoms with Crippen LogP contribution in [0.1, 0.15) is 19.8 Å². The Morgan fingerprint density at radius 2 is 1.83 bits per heavy atom. The maximum atomic E-state index is 12.4. The van der Waals surface area contributed by atoms with Gasteiger partial charge in [0.2, 0.25) is 5.91 Å². The summed E-state index contributed by atoms with van der Waals surface area (Å²) in [4.78, 5) is 35.7. The number of para-hydroxylation sites is 2. The zero-order chi connectivity index (χ0) is 16.6. The maximum absolute atomic E-state index is 12.4. The highest BCUT2D eigenvalue weighted by Crippen LogP contribution is 2.45. The first-order valence-corrected chi connectivity index (χ1v) is 7.67. The number of aryl methyl sites for hydroxylation is 1. The monoisotopic (exact) mass is 317 g/mol. The molecule has 122 valence electrons. The Morgan fingerprint density at radius 3 is 2.35 bits per heavy atom. The lowest BCUT2D eigenvalue weighted by Crippen LogP contribution is -2.38. The summed E-state index contributed by atoms with van der Waals surface area (Å²) in [7, 11) is 0. The molecular weight excluding hydrogens is 298 g/mol. The largest absolute Gasteiger partial charge is 0.481 e. The lowest BCUT2D eigenvalue weighted by molar-refractivity contribution is -0.143. The van der Waals surface area contributed by atoms with Crippen molar-refractivity contribution in [3.8, 4) is 0 Å². The van der Waals surface area contributed by atoms with E-state index >= 15 is 0 Å². The molecule has 0 atom stereocenters. The van der Waals surface area contributed by atoms with Gasteiger partial charge in [0.05, 0.1) is 16.4 Å². The molecule has 7 heteroatoms. The van der Waals surface area contributed by atoms with Crippen molar-refractivity contribution in [1.82, 2.24) is 14.5 Å².